The van der Waals surface area contributed by atoms with E-state index in [2.05, 4.69) is 10.5 Å². The van der Waals surface area contributed by atoms with Crippen molar-refractivity contribution in [1.82, 2.24) is 5.43 Å². The maximum absolute atomic E-state index is 12.0. The quantitative estimate of drug-likeness (QED) is 0.652. The molecule has 0 aliphatic heterocycles. The van der Waals surface area contributed by atoms with Crippen molar-refractivity contribution < 1.29 is 9.90 Å². The number of aromatic hydroxyl groups is 1. The van der Waals surface area contributed by atoms with Crippen LogP contribution in [0, 0.1) is 6.92 Å². The minimum absolute atomic E-state index is 0.127. The molecule has 2 rings (SSSR count). The molecule has 0 aliphatic rings. The van der Waals surface area contributed by atoms with Crippen molar-refractivity contribution in [3.63, 3.8) is 0 Å². The second kappa shape index (κ2) is 6.81. The lowest BCUT2D eigenvalue weighted by Crippen LogP contribution is -2.19. The van der Waals surface area contributed by atoms with Crippen molar-refractivity contribution in [3.05, 3.63) is 63.1 Å². The van der Waals surface area contributed by atoms with E-state index in [1.807, 2.05) is 19.1 Å². The second-order valence-corrected chi connectivity index (χ2v) is 5.63. The van der Waals surface area contributed by atoms with Gasteiger partial charge in [0.15, 0.2) is 0 Å². The standard InChI is InChI=1S/C16H14Cl2N2O2/c1-9-3-5-11(6-4-9)16(22)20-19-10(2)13-7-12(17)8-14(18)15(13)21/h3-8,21H,1-2H3,(H,20,22)/b19-10+. The maximum Gasteiger partial charge on any atom is 0.271 e. The molecule has 0 spiro atoms. The molecule has 114 valence electrons. The number of hydrogen-bond donors (Lipinski definition) is 2. The Kier molecular flexibility index (Phi) is 5.06. The first-order chi connectivity index (χ1) is 10.4. The number of amides is 1. The number of benzene rings is 2. The van der Waals surface area contributed by atoms with Crippen LogP contribution in [0.25, 0.3) is 0 Å². The molecule has 6 heteroatoms. The van der Waals surface area contributed by atoms with Crippen LogP contribution in [-0.2, 0) is 0 Å². The highest BCUT2D eigenvalue weighted by atomic mass is 35.5. The molecular formula is C16H14Cl2N2O2. The fraction of sp³-hybridized carbons (Fsp3) is 0.125. The van der Waals surface area contributed by atoms with Gasteiger partial charge in [0.1, 0.15) is 5.75 Å². The molecule has 1 amide bonds. The van der Waals surface area contributed by atoms with Crippen molar-refractivity contribution in [2.75, 3.05) is 0 Å². The van der Waals surface area contributed by atoms with E-state index >= 15 is 0 Å². The summed E-state index contributed by atoms with van der Waals surface area (Å²) >= 11 is 11.8. The molecule has 0 aromatic heterocycles. The highest BCUT2D eigenvalue weighted by molar-refractivity contribution is 6.36. The Morgan fingerprint density at radius 1 is 1.18 bits per heavy atom. The van der Waals surface area contributed by atoms with Crippen molar-refractivity contribution >= 4 is 34.8 Å². The molecule has 0 saturated carbocycles. The fourth-order valence-corrected chi connectivity index (χ4v) is 2.30. The normalized spacial score (nSPS) is 11.4. The molecule has 2 N–H and O–H groups in total. The third kappa shape index (κ3) is 3.78. The highest BCUT2D eigenvalue weighted by Gasteiger charge is 2.11. The zero-order valence-electron chi connectivity index (χ0n) is 12.0. The van der Waals surface area contributed by atoms with Crippen LogP contribution in [0.4, 0.5) is 0 Å². The van der Waals surface area contributed by atoms with Gasteiger partial charge in [0.2, 0.25) is 0 Å². The monoisotopic (exact) mass is 336 g/mol. The molecule has 0 fully saturated rings. The van der Waals surface area contributed by atoms with Gasteiger partial charge in [0.05, 0.1) is 10.7 Å². The summed E-state index contributed by atoms with van der Waals surface area (Å²) in [5, 5.41) is 14.4. The molecule has 0 unspecified atom stereocenters. The lowest BCUT2D eigenvalue weighted by atomic mass is 10.1. The van der Waals surface area contributed by atoms with E-state index in [1.165, 1.54) is 12.1 Å². The largest absolute Gasteiger partial charge is 0.506 e. The number of phenolic OH excluding ortho intramolecular Hbond substituents is 1. The van der Waals surface area contributed by atoms with Gasteiger partial charge >= 0.3 is 0 Å². The third-order valence-electron chi connectivity index (χ3n) is 3.06. The average Bonchev–Trinajstić information content (AvgIpc) is 2.48. The van der Waals surface area contributed by atoms with Gasteiger partial charge in [0, 0.05) is 16.1 Å². The van der Waals surface area contributed by atoms with Crippen LogP contribution >= 0.6 is 23.2 Å². The molecule has 2 aromatic carbocycles. The molecule has 2 aromatic rings. The molecule has 0 heterocycles. The molecule has 4 nitrogen and oxygen atoms in total. The van der Waals surface area contributed by atoms with Gasteiger partial charge in [-0.2, -0.15) is 5.10 Å². The van der Waals surface area contributed by atoms with Crippen molar-refractivity contribution in [2.45, 2.75) is 13.8 Å². The van der Waals surface area contributed by atoms with E-state index in [-0.39, 0.29) is 16.7 Å². The van der Waals surface area contributed by atoms with Crippen molar-refractivity contribution in [1.29, 1.82) is 0 Å². The molecule has 0 bridgehead atoms. The predicted molar refractivity (Wildman–Crippen MR) is 89.0 cm³/mol. The summed E-state index contributed by atoms with van der Waals surface area (Å²) in [4.78, 5) is 12.0. The number of carbonyl (C=O) groups excluding carboxylic acids is 1. The molecule has 0 radical (unpaired) electrons. The summed E-state index contributed by atoms with van der Waals surface area (Å²) in [5.74, 6) is -0.469. The van der Waals surface area contributed by atoms with Crippen LogP contribution in [0.1, 0.15) is 28.4 Å². The summed E-state index contributed by atoms with van der Waals surface area (Å²) in [6.45, 7) is 3.58. The number of nitrogens with zero attached hydrogens (tertiary/aromatic N) is 1. The number of carbonyl (C=O) groups is 1. The molecular weight excluding hydrogens is 323 g/mol. The molecule has 22 heavy (non-hydrogen) atoms. The second-order valence-electron chi connectivity index (χ2n) is 4.79. The van der Waals surface area contributed by atoms with E-state index in [9.17, 15) is 9.90 Å². The zero-order valence-corrected chi connectivity index (χ0v) is 13.5. The Morgan fingerprint density at radius 2 is 1.82 bits per heavy atom. The Morgan fingerprint density at radius 3 is 2.45 bits per heavy atom. The minimum atomic E-state index is -0.341. The predicted octanol–water partition coefficient (Wildman–Crippen LogP) is 4.16. The first-order valence-corrected chi connectivity index (χ1v) is 7.23. The minimum Gasteiger partial charge on any atom is -0.506 e. The highest BCUT2D eigenvalue weighted by Crippen LogP contribution is 2.31. The lowest BCUT2D eigenvalue weighted by molar-refractivity contribution is 0.0955. The van der Waals surface area contributed by atoms with Crippen LogP contribution in [0.15, 0.2) is 41.5 Å². The Bertz CT molecular complexity index is 741. The average molecular weight is 337 g/mol. The number of hydrazone groups is 1. The van der Waals surface area contributed by atoms with Crippen LogP contribution in [0.5, 0.6) is 5.75 Å². The van der Waals surface area contributed by atoms with Crippen LogP contribution in [-0.4, -0.2) is 16.7 Å². The summed E-state index contributed by atoms with van der Waals surface area (Å²) in [5.41, 5.74) is 4.75. The van der Waals surface area contributed by atoms with Crippen LogP contribution in [0.3, 0.4) is 0 Å². The number of rotatable bonds is 3. The van der Waals surface area contributed by atoms with E-state index in [1.54, 1.807) is 19.1 Å². The van der Waals surface area contributed by atoms with Crippen molar-refractivity contribution in [2.24, 2.45) is 5.10 Å². The van der Waals surface area contributed by atoms with Crippen LogP contribution < -0.4 is 5.43 Å². The lowest BCUT2D eigenvalue weighted by Gasteiger charge is -2.07. The fourth-order valence-electron chi connectivity index (χ4n) is 1.81. The summed E-state index contributed by atoms with van der Waals surface area (Å²) in [6.07, 6.45) is 0. The number of phenols is 1. The van der Waals surface area contributed by atoms with Gasteiger partial charge in [-0.3, -0.25) is 4.79 Å². The van der Waals surface area contributed by atoms with Gasteiger partial charge in [-0.1, -0.05) is 40.9 Å². The van der Waals surface area contributed by atoms with Gasteiger partial charge in [-0.05, 0) is 38.1 Å². The summed E-state index contributed by atoms with van der Waals surface area (Å²) in [7, 11) is 0. The van der Waals surface area contributed by atoms with E-state index in [4.69, 9.17) is 23.2 Å². The number of aryl methyl sites for hydroxylation is 1. The van der Waals surface area contributed by atoms with Gasteiger partial charge in [-0.15, -0.1) is 0 Å². The third-order valence-corrected chi connectivity index (χ3v) is 3.56. The Hall–Kier alpha value is -2.04. The van der Waals surface area contributed by atoms with Crippen LogP contribution in [0.2, 0.25) is 10.0 Å². The number of nitrogens with one attached hydrogen (secondary N) is 1. The number of halogens is 2. The Labute approximate surface area is 138 Å². The summed E-state index contributed by atoms with van der Waals surface area (Å²) in [6, 6.07) is 10.1. The topological polar surface area (TPSA) is 61.7 Å². The molecule has 0 aliphatic carbocycles. The SMILES string of the molecule is C/C(=N\NC(=O)c1ccc(C)cc1)c1cc(Cl)cc(Cl)c1O. The van der Waals surface area contributed by atoms with E-state index in [0.29, 0.717) is 21.9 Å². The maximum atomic E-state index is 12.0. The Balaban J connectivity index is 2.19. The smallest absolute Gasteiger partial charge is 0.271 e. The summed E-state index contributed by atoms with van der Waals surface area (Å²) < 4.78 is 0. The van der Waals surface area contributed by atoms with Gasteiger partial charge in [-0.25, -0.2) is 5.43 Å². The first kappa shape index (κ1) is 16.3. The van der Waals surface area contributed by atoms with Crippen molar-refractivity contribution in [3.8, 4) is 5.75 Å². The number of hydrogen-bond acceptors (Lipinski definition) is 3. The zero-order chi connectivity index (χ0) is 16.3. The molecule has 0 saturated heterocycles. The van der Waals surface area contributed by atoms with E-state index < -0.39 is 0 Å². The van der Waals surface area contributed by atoms with Gasteiger partial charge < -0.3 is 5.11 Å². The van der Waals surface area contributed by atoms with E-state index in [0.717, 1.165) is 5.56 Å². The first-order valence-electron chi connectivity index (χ1n) is 6.48. The molecule has 0 atom stereocenters. The van der Waals surface area contributed by atoms with Gasteiger partial charge in [0.25, 0.3) is 5.91 Å².